The van der Waals surface area contributed by atoms with E-state index < -0.39 is 0 Å². The Morgan fingerprint density at radius 3 is 2.74 bits per heavy atom. The Kier molecular flexibility index (Phi) is 6.74. The molecule has 0 fully saturated rings. The number of hydrogen-bond donors (Lipinski definition) is 1. The molecule has 0 bridgehead atoms. The average molecular weight is 380 g/mol. The van der Waals surface area contributed by atoms with Crippen molar-refractivity contribution in [1.29, 1.82) is 0 Å². The number of aryl methyl sites for hydroxylation is 1. The van der Waals surface area contributed by atoms with Gasteiger partial charge in [-0.15, -0.1) is 0 Å². The van der Waals surface area contributed by atoms with Crippen LogP contribution in [0.25, 0.3) is 0 Å². The number of ether oxygens (including phenoxy) is 1. The zero-order valence-corrected chi connectivity index (χ0v) is 14.5. The summed E-state index contributed by atoms with van der Waals surface area (Å²) in [6.45, 7) is 1.00. The molecule has 1 N–H and O–H groups in total. The lowest BCUT2D eigenvalue weighted by atomic mass is 10.1. The van der Waals surface area contributed by atoms with Gasteiger partial charge in [-0.05, 0) is 35.2 Å². The molecule has 23 heavy (non-hydrogen) atoms. The van der Waals surface area contributed by atoms with Gasteiger partial charge in [0.15, 0.2) is 0 Å². The minimum absolute atomic E-state index is 0.0931. The van der Waals surface area contributed by atoms with Crippen LogP contribution in [0.2, 0.25) is 0 Å². The summed E-state index contributed by atoms with van der Waals surface area (Å²) in [7, 11) is 1.65. The van der Waals surface area contributed by atoms with Crippen molar-refractivity contribution < 1.29 is 13.9 Å². The highest BCUT2D eigenvalue weighted by Crippen LogP contribution is 2.16. The van der Waals surface area contributed by atoms with Crippen LogP contribution in [0.15, 0.2) is 46.9 Å². The summed E-state index contributed by atoms with van der Waals surface area (Å²) in [5.74, 6) is -0.385. The van der Waals surface area contributed by atoms with Crippen LogP contribution >= 0.6 is 15.9 Å². The molecule has 1 amide bonds. The molecule has 2 rings (SSSR count). The Hall–Kier alpha value is -1.72. The van der Waals surface area contributed by atoms with E-state index in [2.05, 4.69) is 21.2 Å². The quantitative estimate of drug-likeness (QED) is 0.789. The summed E-state index contributed by atoms with van der Waals surface area (Å²) in [4.78, 5) is 11.9. The molecule has 2 aromatic carbocycles. The average Bonchev–Trinajstić information content (AvgIpc) is 2.53. The lowest BCUT2D eigenvalue weighted by molar-refractivity contribution is -0.121. The first kappa shape index (κ1) is 17.6. The molecular weight excluding hydrogens is 361 g/mol. The molecule has 0 radical (unpaired) electrons. The second kappa shape index (κ2) is 8.79. The van der Waals surface area contributed by atoms with Crippen LogP contribution in [-0.2, 0) is 29.1 Å². The normalized spacial score (nSPS) is 10.6. The molecule has 0 aliphatic carbocycles. The highest BCUT2D eigenvalue weighted by Gasteiger charge is 2.07. The van der Waals surface area contributed by atoms with Crippen molar-refractivity contribution in [2.24, 2.45) is 0 Å². The highest BCUT2D eigenvalue weighted by atomic mass is 79.9. The predicted molar refractivity (Wildman–Crippen MR) is 91.4 cm³/mol. The summed E-state index contributed by atoms with van der Waals surface area (Å²) in [5.41, 5.74) is 2.63. The lowest BCUT2D eigenvalue weighted by Crippen LogP contribution is -2.23. The Balaban J connectivity index is 1.82. The zero-order valence-electron chi connectivity index (χ0n) is 12.9. The fourth-order valence-corrected chi connectivity index (χ4v) is 2.59. The highest BCUT2D eigenvalue weighted by molar-refractivity contribution is 9.10. The monoisotopic (exact) mass is 379 g/mol. The van der Waals surface area contributed by atoms with E-state index in [0.717, 1.165) is 11.1 Å². The molecule has 0 heterocycles. The molecule has 0 unspecified atom stereocenters. The molecule has 122 valence electrons. The van der Waals surface area contributed by atoms with Crippen LogP contribution in [0.3, 0.4) is 0 Å². The third-order valence-electron chi connectivity index (χ3n) is 3.43. The van der Waals surface area contributed by atoms with Crippen molar-refractivity contribution >= 4 is 21.8 Å². The Morgan fingerprint density at radius 2 is 2.00 bits per heavy atom. The van der Waals surface area contributed by atoms with Crippen LogP contribution in [0.1, 0.15) is 23.1 Å². The molecule has 0 aliphatic rings. The second-order valence-corrected chi connectivity index (χ2v) is 6.18. The molecule has 0 atom stereocenters. The van der Waals surface area contributed by atoms with Gasteiger partial charge in [-0.2, -0.15) is 0 Å². The molecule has 0 spiro atoms. The van der Waals surface area contributed by atoms with Gasteiger partial charge in [0.05, 0.1) is 6.61 Å². The lowest BCUT2D eigenvalue weighted by Gasteiger charge is -2.08. The van der Waals surface area contributed by atoms with Gasteiger partial charge >= 0.3 is 0 Å². The van der Waals surface area contributed by atoms with Crippen molar-refractivity contribution in [1.82, 2.24) is 5.32 Å². The summed E-state index contributed by atoms with van der Waals surface area (Å²) in [6, 6.07) is 12.7. The number of halogens is 2. The van der Waals surface area contributed by atoms with Crippen molar-refractivity contribution in [3.8, 4) is 0 Å². The van der Waals surface area contributed by atoms with Gasteiger partial charge in [0.2, 0.25) is 5.91 Å². The Bertz CT molecular complexity index is 676. The van der Waals surface area contributed by atoms with Crippen molar-refractivity contribution in [3.63, 3.8) is 0 Å². The van der Waals surface area contributed by atoms with Gasteiger partial charge in [-0.3, -0.25) is 4.79 Å². The van der Waals surface area contributed by atoms with Gasteiger partial charge < -0.3 is 10.1 Å². The Labute approximate surface area is 144 Å². The van der Waals surface area contributed by atoms with E-state index in [1.807, 2.05) is 24.3 Å². The van der Waals surface area contributed by atoms with Gasteiger partial charge in [0.25, 0.3) is 0 Å². The first-order valence-electron chi connectivity index (χ1n) is 7.36. The molecular formula is C18H19BrFNO2. The molecule has 0 aliphatic heterocycles. The number of benzene rings is 2. The van der Waals surface area contributed by atoms with Crippen LogP contribution < -0.4 is 5.32 Å². The van der Waals surface area contributed by atoms with Crippen LogP contribution in [0.4, 0.5) is 4.39 Å². The van der Waals surface area contributed by atoms with E-state index in [0.29, 0.717) is 29.6 Å². The maximum Gasteiger partial charge on any atom is 0.220 e. The van der Waals surface area contributed by atoms with Crippen LogP contribution in [0, 0.1) is 5.82 Å². The number of rotatable bonds is 7. The topological polar surface area (TPSA) is 38.3 Å². The van der Waals surface area contributed by atoms with Gasteiger partial charge in [-0.1, -0.05) is 46.3 Å². The minimum atomic E-state index is -0.292. The first-order valence-corrected chi connectivity index (χ1v) is 8.15. The van der Waals surface area contributed by atoms with Crippen molar-refractivity contribution in [2.45, 2.75) is 26.0 Å². The number of carbonyl (C=O) groups is 1. The maximum atomic E-state index is 13.7. The molecule has 0 aromatic heterocycles. The van der Waals surface area contributed by atoms with E-state index in [1.165, 1.54) is 6.07 Å². The SMILES string of the molecule is COCc1cccc(CNC(=O)CCc2ccc(Br)cc2F)c1. The molecule has 0 saturated carbocycles. The van der Waals surface area contributed by atoms with E-state index in [4.69, 9.17) is 4.74 Å². The fourth-order valence-electron chi connectivity index (χ4n) is 2.26. The van der Waals surface area contributed by atoms with Crippen molar-refractivity contribution in [3.05, 3.63) is 69.4 Å². The van der Waals surface area contributed by atoms with E-state index in [9.17, 15) is 9.18 Å². The van der Waals surface area contributed by atoms with Gasteiger partial charge in [0.1, 0.15) is 5.82 Å². The maximum absolute atomic E-state index is 13.7. The molecule has 5 heteroatoms. The van der Waals surface area contributed by atoms with E-state index in [-0.39, 0.29) is 18.1 Å². The number of hydrogen-bond acceptors (Lipinski definition) is 2. The summed E-state index contributed by atoms with van der Waals surface area (Å²) in [5, 5.41) is 2.86. The van der Waals surface area contributed by atoms with Crippen LogP contribution in [-0.4, -0.2) is 13.0 Å². The van der Waals surface area contributed by atoms with E-state index in [1.54, 1.807) is 19.2 Å². The number of methoxy groups -OCH3 is 1. The third-order valence-corrected chi connectivity index (χ3v) is 3.92. The third kappa shape index (κ3) is 5.77. The first-order chi connectivity index (χ1) is 11.1. The molecule has 2 aromatic rings. The number of carbonyl (C=O) groups excluding carboxylic acids is 1. The van der Waals surface area contributed by atoms with Crippen molar-refractivity contribution in [2.75, 3.05) is 7.11 Å². The Morgan fingerprint density at radius 1 is 1.22 bits per heavy atom. The zero-order chi connectivity index (χ0) is 16.7. The minimum Gasteiger partial charge on any atom is -0.380 e. The number of amides is 1. The van der Waals surface area contributed by atoms with Crippen LogP contribution in [0.5, 0.6) is 0 Å². The second-order valence-electron chi connectivity index (χ2n) is 5.27. The fraction of sp³-hybridized carbons (Fsp3) is 0.278. The largest absolute Gasteiger partial charge is 0.380 e. The molecule has 0 saturated heterocycles. The predicted octanol–water partition coefficient (Wildman–Crippen LogP) is 3.98. The smallest absolute Gasteiger partial charge is 0.220 e. The summed E-state index contributed by atoms with van der Waals surface area (Å²) in [6.07, 6.45) is 0.644. The summed E-state index contributed by atoms with van der Waals surface area (Å²) >= 11 is 3.22. The molecule has 3 nitrogen and oxygen atoms in total. The summed E-state index contributed by atoms with van der Waals surface area (Å²) < 4.78 is 19.5. The van der Waals surface area contributed by atoms with Gasteiger partial charge in [0, 0.05) is 24.5 Å². The van der Waals surface area contributed by atoms with E-state index >= 15 is 0 Å². The standard InChI is InChI=1S/C18H19BrFNO2/c1-23-12-14-4-2-3-13(9-14)11-21-18(22)8-6-15-5-7-16(19)10-17(15)20/h2-5,7,9-10H,6,8,11-12H2,1H3,(H,21,22). The number of nitrogens with one attached hydrogen (secondary N) is 1. The van der Waals surface area contributed by atoms with Gasteiger partial charge in [-0.25, -0.2) is 4.39 Å².